The lowest BCUT2D eigenvalue weighted by atomic mass is 9.84. The average Bonchev–Trinajstić information content (AvgIpc) is 2.46. The van der Waals surface area contributed by atoms with E-state index in [1.807, 2.05) is 19.1 Å². The van der Waals surface area contributed by atoms with E-state index < -0.39 is 0 Å². The first-order valence-corrected chi connectivity index (χ1v) is 7.24. The normalized spacial score (nSPS) is 26.9. The van der Waals surface area contributed by atoms with E-state index in [1.165, 1.54) is 5.56 Å². The summed E-state index contributed by atoms with van der Waals surface area (Å²) in [4.78, 5) is 0. The zero-order valence-corrected chi connectivity index (χ0v) is 12.8. The second kappa shape index (κ2) is 7.07. The van der Waals surface area contributed by atoms with Crippen molar-refractivity contribution in [2.45, 2.75) is 44.6 Å². The Morgan fingerprint density at radius 3 is 2.50 bits per heavy atom. The second-order valence-corrected chi connectivity index (χ2v) is 5.20. The number of hydrogen-bond acceptors (Lipinski definition) is 4. The van der Waals surface area contributed by atoms with Gasteiger partial charge in [0.25, 0.3) is 0 Å². The van der Waals surface area contributed by atoms with Crippen LogP contribution >= 0.6 is 0 Å². The van der Waals surface area contributed by atoms with E-state index in [4.69, 9.17) is 14.2 Å². The summed E-state index contributed by atoms with van der Waals surface area (Å²) in [6.45, 7) is 4.93. The third kappa shape index (κ3) is 3.32. The maximum atomic E-state index is 5.65. The average molecular weight is 279 g/mol. The molecule has 4 nitrogen and oxygen atoms in total. The molecule has 4 heteroatoms. The summed E-state index contributed by atoms with van der Waals surface area (Å²) in [5.41, 5.74) is 1.25. The minimum Gasteiger partial charge on any atom is -0.497 e. The van der Waals surface area contributed by atoms with E-state index in [0.717, 1.165) is 18.8 Å². The molecule has 1 aliphatic carbocycles. The molecule has 0 bridgehead atoms. The molecule has 1 N–H and O–H groups in total. The van der Waals surface area contributed by atoms with Crippen LogP contribution in [0.3, 0.4) is 0 Å². The van der Waals surface area contributed by atoms with E-state index >= 15 is 0 Å². The van der Waals surface area contributed by atoms with E-state index in [1.54, 1.807) is 14.2 Å². The van der Waals surface area contributed by atoms with Gasteiger partial charge in [-0.15, -0.1) is 0 Å². The van der Waals surface area contributed by atoms with Crippen LogP contribution in [-0.2, 0) is 9.47 Å². The van der Waals surface area contributed by atoms with Crippen LogP contribution in [0.1, 0.15) is 31.9 Å². The van der Waals surface area contributed by atoms with Gasteiger partial charge in [0.2, 0.25) is 0 Å². The van der Waals surface area contributed by atoms with Gasteiger partial charge in [-0.05, 0) is 38.0 Å². The van der Waals surface area contributed by atoms with Crippen molar-refractivity contribution in [2.24, 2.45) is 0 Å². The number of hydrogen-bond donors (Lipinski definition) is 1. The van der Waals surface area contributed by atoms with Crippen molar-refractivity contribution in [3.63, 3.8) is 0 Å². The lowest BCUT2D eigenvalue weighted by Gasteiger charge is -2.44. The third-order valence-electron chi connectivity index (χ3n) is 3.98. The number of rotatable bonds is 7. The van der Waals surface area contributed by atoms with Gasteiger partial charge in [-0.1, -0.05) is 12.1 Å². The fraction of sp³-hybridized carbons (Fsp3) is 0.625. The standard InChI is InChI=1S/C16H25NO3/c1-5-20-15-10-14(16(15)19-4)17-11(2)12-6-8-13(18-3)9-7-12/h6-9,11,14-17H,5,10H2,1-4H3/t11-,14?,15?,16?/m0/s1. The van der Waals surface area contributed by atoms with Gasteiger partial charge in [-0.2, -0.15) is 0 Å². The summed E-state index contributed by atoms with van der Waals surface area (Å²) in [6, 6.07) is 8.81. The Balaban J connectivity index is 1.89. The van der Waals surface area contributed by atoms with E-state index in [0.29, 0.717) is 6.04 Å². The fourth-order valence-corrected chi connectivity index (χ4v) is 2.75. The van der Waals surface area contributed by atoms with Gasteiger partial charge in [-0.3, -0.25) is 0 Å². The van der Waals surface area contributed by atoms with Crippen LogP contribution in [0.15, 0.2) is 24.3 Å². The minimum atomic E-state index is 0.149. The Bertz CT molecular complexity index is 407. The van der Waals surface area contributed by atoms with Crippen molar-refractivity contribution in [1.82, 2.24) is 5.32 Å². The summed E-state index contributed by atoms with van der Waals surface area (Å²) >= 11 is 0. The number of nitrogens with one attached hydrogen (secondary N) is 1. The highest BCUT2D eigenvalue weighted by atomic mass is 16.5. The van der Waals surface area contributed by atoms with Crippen LogP contribution in [0.4, 0.5) is 0 Å². The topological polar surface area (TPSA) is 39.7 Å². The van der Waals surface area contributed by atoms with Crippen LogP contribution < -0.4 is 10.1 Å². The molecule has 0 spiro atoms. The van der Waals surface area contributed by atoms with Crippen molar-refractivity contribution in [3.8, 4) is 5.75 Å². The highest BCUT2D eigenvalue weighted by Crippen LogP contribution is 2.29. The lowest BCUT2D eigenvalue weighted by molar-refractivity contribution is -0.133. The largest absolute Gasteiger partial charge is 0.497 e. The lowest BCUT2D eigenvalue weighted by Crippen LogP contribution is -2.60. The van der Waals surface area contributed by atoms with Gasteiger partial charge in [0.05, 0.1) is 19.3 Å². The van der Waals surface area contributed by atoms with Crippen molar-refractivity contribution < 1.29 is 14.2 Å². The van der Waals surface area contributed by atoms with E-state index in [9.17, 15) is 0 Å². The number of ether oxygens (including phenoxy) is 3. The summed E-state index contributed by atoms with van der Waals surface area (Å²) in [5.74, 6) is 0.885. The summed E-state index contributed by atoms with van der Waals surface area (Å²) in [5, 5.41) is 3.61. The van der Waals surface area contributed by atoms with Crippen molar-refractivity contribution in [2.75, 3.05) is 20.8 Å². The van der Waals surface area contributed by atoms with E-state index in [2.05, 4.69) is 24.4 Å². The van der Waals surface area contributed by atoms with Gasteiger partial charge in [0, 0.05) is 25.8 Å². The number of methoxy groups -OCH3 is 2. The predicted molar refractivity (Wildman–Crippen MR) is 79.2 cm³/mol. The van der Waals surface area contributed by atoms with Crippen molar-refractivity contribution >= 4 is 0 Å². The molecule has 2 rings (SSSR count). The Labute approximate surface area is 121 Å². The molecule has 0 amide bonds. The minimum absolute atomic E-state index is 0.149. The maximum Gasteiger partial charge on any atom is 0.118 e. The molecule has 0 aromatic heterocycles. The van der Waals surface area contributed by atoms with Gasteiger partial charge < -0.3 is 19.5 Å². The SMILES string of the molecule is CCOC1CC(N[C@@H](C)c2ccc(OC)cc2)C1OC. The molecule has 0 saturated heterocycles. The fourth-order valence-electron chi connectivity index (χ4n) is 2.75. The Morgan fingerprint density at radius 2 is 1.95 bits per heavy atom. The zero-order valence-electron chi connectivity index (χ0n) is 12.8. The molecule has 20 heavy (non-hydrogen) atoms. The molecule has 1 aliphatic rings. The quantitative estimate of drug-likeness (QED) is 0.832. The maximum absolute atomic E-state index is 5.65. The predicted octanol–water partition coefficient (Wildman–Crippen LogP) is 2.54. The van der Waals surface area contributed by atoms with E-state index in [-0.39, 0.29) is 18.2 Å². The molecule has 4 atom stereocenters. The first kappa shape index (κ1) is 15.3. The second-order valence-electron chi connectivity index (χ2n) is 5.20. The number of benzene rings is 1. The summed E-state index contributed by atoms with van der Waals surface area (Å²) in [6.07, 6.45) is 1.38. The summed E-state index contributed by atoms with van der Waals surface area (Å²) in [7, 11) is 3.44. The summed E-state index contributed by atoms with van der Waals surface area (Å²) < 4.78 is 16.4. The Hall–Kier alpha value is -1.10. The Morgan fingerprint density at radius 1 is 1.25 bits per heavy atom. The molecule has 0 radical (unpaired) electrons. The van der Waals surface area contributed by atoms with Crippen LogP contribution in [0, 0.1) is 0 Å². The molecule has 1 saturated carbocycles. The van der Waals surface area contributed by atoms with Crippen LogP contribution in [-0.4, -0.2) is 39.1 Å². The molecule has 1 aromatic rings. The first-order valence-electron chi connectivity index (χ1n) is 7.24. The Kier molecular flexibility index (Phi) is 5.40. The van der Waals surface area contributed by atoms with Crippen molar-refractivity contribution in [3.05, 3.63) is 29.8 Å². The van der Waals surface area contributed by atoms with Gasteiger partial charge in [-0.25, -0.2) is 0 Å². The highest BCUT2D eigenvalue weighted by Gasteiger charge is 2.42. The molecule has 1 fully saturated rings. The van der Waals surface area contributed by atoms with Gasteiger partial charge >= 0.3 is 0 Å². The van der Waals surface area contributed by atoms with Gasteiger partial charge in [0.1, 0.15) is 5.75 Å². The molecule has 3 unspecified atom stereocenters. The molecular formula is C16H25NO3. The monoisotopic (exact) mass is 279 g/mol. The molecule has 112 valence electrons. The van der Waals surface area contributed by atoms with Crippen LogP contribution in [0.5, 0.6) is 5.75 Å². The van der Waals surface area contributed by atoms with Crippen molar-refractivity contribution in [1.29, 1.82) is 0 Å². The first-order chi connectivity index (χ1) is 9.69. The molecule has 1 aromatic carbocycles. The highest BCUT2D eigenvalue weighted by molar-refractivity contribution is 5.29. The van der Waals surface area contributed by atoms with Crippen LogP contribution in [0.2, 0.25) is 0 Å². The molecule has 0 aliphatic heterocycles. The van der Waals surface area contributed by atoms with Crippen LogP contribution in [0.25, 0.3) is 0 Å². The smallest absolute Gasteiger partial charge is 0.118 e. The zero-order chi connectivity index (χ0) is 14.5. The molecular weight excluding hydrogens is 254 g/mol. The third-order valence-corrected chi connectivity index (χ3v) is 3.98. The molecule has 0 heterocycles. The van der Waals surface area contributed by atoms with Gasteiger partial charge in [0.15, 0.2) is 0 Å².